The Morgan fingerprint density at radius 2 is 1.88 bits per heavy atom. The Morgan fingerprint density at radius 3 is 2.53 bits per heavy atom. The third-order valence-corrected chi connectivity index (χ3v) is 8.18. The zero-order chi connectivity index (χ0) is 23.1. The van der Waals surface area contributed by atoms with Crippen LogP contribution in [-0.4, -0.2) is 61.8 Å². The van der Waals surface area contributed by atoms with E-state index in [0.717, 1.165) is 29.4 Å². The molecule has 176 valence electrons. The number of ether oxygens (including phenoxy) is 1. The number of nitrogens with zero attached hydrogens (tertiary/aromatic N) is 1. The molecule has 3 N–H and O–H groups in total. The highest BCUT2D eigenvalue weighted by molar-refractivity contribution is 9.10. The highest BCUT2D eigenvalue weighted by atomic mass is 79.9. The van der Waals surface area contributed by atoms with E-state index in [2.05, 4.69) is 21.2 Å². The molecule has 1 fully saturated rings. The molecule has 1 aliphatic heterocycles. The second-order valence-electron chi connectivity index (χ2n) is 8.07. The third kappa shape index (κ3) is 6.68. The van der Waals surface area contributed by atoms with Crippen molar-refractivity contribution >= 4 is 26.0 Å². The van der Waals surface area contributed by atoms with Gasteiger partial charge in [0.05, 0.1) is 4.90 Å². The number of phenols is 1. The molecule has 2 aromatic carbocycles. The number of aromatic hydroxyl groups is 1. The zero-order valence-corrected chi connectivity index (χ0v) is 20.6. The minimum Gasteiger partial charge on any atom is -0.508 e. The number of nitrogens with one attached hydrogen (secondary N) is 1. The number of aryl methyl sites for hydroxylation is 1. The fourth-order valence-corrected chi connectivity index (χ4v) is 5.97. The van der Waals surface area contributed by atoms with Crippen LogP contribution in [0.15, 0.2) is 51.8 Å². The molecular formula is C23H31BrN2O5S. The molecule has 1 saturated heterocycles. The second-order valence-corrected chi connectivity index (χ2v) is 10.9. The quantitative estimate of drug-likeness (QED) is 0.439. The SMILES string of the molecule is CCc1cc(Br)ccc1S(=O)(=O)N1CCC(CNC[C@H](O)COc2ccc(O)cc2)CC1. The molecule has 0 aliphatic carbocycles. The van der Waals surface area contributed by atoms with Gasteiger partial charge in [-0.15, -0.1) is 0 Å². The van der Waals surface area contributed by atoms with E-state index in [1.54, 1.807) is 28.6 Å². The third-order valence-electron chi connectivity index (χ3n) is 5.69. The number of aliphatic hydroxyl groups is 1. The molecule has 3 rings (SSSR count). The van der Waals surface area contributed by atoms with Crippen molar-refractivity contribution in [2.45, 2.75) is 37.2 Å². The maximum Gasteiger partial charge on any atom is 0.243 e. The molecule has 0 amide bonds. The van der Waals surface area contributed by atoms with Gasteiger partial charge >= 0.3 is 0 Å². The van der Waals surface area contributed by atoms with Crippen LogP contribution in [0.3, 0.4) is 0 Å². The van der Waals surface area contributed by atoms with Crippen LogP contribution in [0.5, 0.6) is 11.5 Å². The predicted octanol–water partition coefficient (Wildman–Crippen LogP) is 3.15. The topological polar surface area (TPSA) is 99.1 Å². The van der Waals surface area contributed by atoms with Crippen LogP contribution in [0, 0.1) is 5.92 Å². The van der Waals surface area contributed by atoms with Crippen molar-refractivity contribution < 1.29 is 23.4 Å². The highest BCUT2D eigenvalue weighted by Crippen LogP contribution is 2.28. The van der Waals surface area contributed by atoms with E-state index in [4.69, 9.17) is 4.74 Å². The van der Waals surface area contributed by atoms with Gasteiger partial charge in [-0.05, 0) is 79.8 Å². The Kier molecular flexibility index (Phi) is 8.95. The standard InChI is InChI=1S/C23H31BrN2O5S/c1-2-18-13-19(24)3-8-23(18)32(29,30)26-11-9-17(10-12-26)14-25-15-21(28)16-31-22-6-4-20(27)5-7-22/h3-8,13,17,21,25,27-28H,2,9-12,14-16H2,1H3/t21-/m0/s1. The van der Waals surface area contributed by atoms with Gasteiger partial charge in [-0.3, -0.25) is 0 Å². The van der Waals surface area contributed by atoms with Crippen molar-refractivity contribution in [1.29, 1.82) is 0 Å². The van der Waals surface area contributed by atoms with E-state index in [-0.39, 0.29) is 12.4 Å². The van der Waals surface area contributed by atoms with Crippen molar-refractivity contribution in [2.24, 2.45) is 5.92 Å². The molecule has 1 heterocycles. The summed E-state index contributed by atoms with van der Waals surface area (Å²) in [6.45, 7) is 4.24. The Bertz CT molecular complexity index is 976. The first-order chi connectivity index (χ1) is 15.3. The van der Waals surface area contributed by atoms with Gasteiger partial charge in [-0.1, -0.05) is 22.9 Å². The van der Waals surface area contributed by atoms with E-state index in [1.807, 2.05) is 13.0 Å². The summed E-state index contributed by atoms with van der Waals surface area (Å²) >= 11 is 3.42. The highest BCUT2D eigenvalue weighted by Gasteiger charge is 2.30. The summed E-state index contributed by atoms with van der Waals surface area (Å²) in [7, 11) is -3.50. The number of phenolic OH excluding ortho intramolecular Hbond substituents is 1. The molecule has 0 spiro atoms. The molecule has 2 aromatic rings. The Morgan fingerprint density at radius 1 is 1.19 bits per heavy atom. The van der Waals surface area contributed by atoms with E-state index < -0.39 is 16.1 Å². The average Bonchev–Trinajstić information content (AvgIpc) is 2.78. The van der Waals surface area contributed by atoms with Crippen LogP contribution in [0.25, 0.3) is 0 Å². The van der Waals surface area contributed by atoms with Crippen molar-refractivity contribution in [3.05, 3.63) is 52.5 Å². The maximum absolute atomic E-state index is 13.1. The summed E-state index contributed by atoms with van der Waals surface area (Å²) in [5.41, 5.74) is 0.826. The normalized spacial score (nSPS) is 16.7. The number of rotatable bonds is 10. The van der Waals surface area contributed by atoms with Crippen LogP contribution in [0.2, 0.25) is 0 Å². The minimum atomic E-state index is -3.50. The number of halogens is 1. The molecule has 1 atom stereocenters. The van der Waals surface area contributed by atoms with Gasteiger partial charge in [0.2, 0.25) is 10.0 Å². The first-order valence-electron chi connectivity index (χ1n) is 10.9. The molecule has 7 nitrogen and oxygen atoms in total. The van der Waals surface area contributed by atoms with Crippen LogP contribution >= 0.6 is 15.9 Å². The van der Waals surface area contributed by atoms with Crippen LogP contribution in [0.1, 0.15) is 25.3 Å². The van der Waals surface area contributed by atoms with Gasteiger partial charge in [-0.2, -0.15) is 4.31 Å². The molecule has 0 unspecified atom stereocenters. The van der Waals surface area contributed by atoms with Gasteiger partial charge in [-0.25, -0.2) is 8.42 Å². The van der Waals surface area contributed by atoms with Gasteiger partial charge in [0, 0.05) is 24.1 Å². The zero-order valence-electron chi connectivity index (χ0n) is 18.2. The van der Waals surface area contributed by atoms with Gasteiger partial charge in [0.15, 0.2) is 0 Å². The van der Waals surface area contributed by atoms with Crippen molar-refractivity contribution in [3.63, 3.8) is 0 Å². The van der Waals surface area contributed by atoms with Crippen molar-refractivity contribution in [3.8, 4) is 11.5 Å². The first kappa shape index (κ1) is 25.0. The maximum atomic E-state index is 13.1. The van der Waals surface area contributed by atoms with Crippen molar-refractivity contribution in [2.75, 3.05) is 32.8 Å². The average molecular weight is 527 g/mol. The molecule has 0 radical (unpaired) electrons. The van der Waals surface area contributed by atoms with E-state index in [1.165, 1.54) is 12.1 Å². The van der Waals surface area contributed by atoms with Crippen LogP contribution < -0.4 is 10.1 Å². The Balaban J connectivity index is 1.41. The van der Waals surface area contributed by atoms with E-state index in [0.29, 0.717) is 42.6 Å². The summed E-state index contributed by atoms with van der Waals surface area (Å²) in [6.07, 6.45) is 1.57. The summed E-state index contributed by atoms with van der Waals surface area (Å²) in [5, 5.41) is 22.7. The molecule has 0 aromatic heterocycles. The number of hydrogen-bond donors (Lipinski definition) is 3. The molecule has 1 aliphatic rings. The second kappa shape index (κ2) is 11.5. The summed E-state index contributed by atoms with van der Waals surface area (Å²) < 4.78 is 34.2. The van der Waals surface area contributed by atoms with Gasteiger partial charge in [0.1, 0.15) is 24.2 Å². The molecule has 0 bridgehead atoms. The van der Waals surface area contributed by atoms with E-state index >= 15 is 0 Å². The molecule has 0 saturated carbocycles. The fourth-order valence-electron chi connectivity index (χ4n) is 3.82. The molecule has 32 heavy (non-hydrogen) atoms. The van der Waals surface area contributed by atoms with Crippen molar-refractivity contribution in [1.82, 2.24) is 9.62 Å². The number of hydrogen-bond acceptors (Lipinski definition) is 6. The van der Waals surface area contributed by atoms with Gasteiger partial charge < -0.3 is 20.3 Å². The summed E-state index contributed by atoms with van der Waals surface area (Å²) in [5.74, 6) is 1.12. The number of aliphatic hydroxyl groups excluding tert-OH is 1. The van der Waals surface area contributed by atoms with Crippen LogP contribution in [-0.2, 0) is 16.4 Å². The van der Waals surface area contributed by atoms with Crippen LogP contribution in [0.4, 0.5) is 0 Å². The largest absolute Gasteiger partial charge is 0.508 e. The smallest absolute Gasteiger partial charge is 0.243 e. The minimum absolute atomic E-state index is 0.154. The lowest BCUT2D eigenvalue weighted by Gasteiger charge is -2.32. The molecular weight excluding hydrogens is 496 g/mol. The molecule has 9 heteroatoms. The lowest BCUT2D eigenvalue weighted by Crippen LogP contribution is -2.42. The lowest BCUT2D eigenvalue weighted by atomic mass is 9.98. The Hall–Kier alpha value is -1.65. The predicted molar refractivity (Wildman–Crippen MR) is 127 cm³/mol. The van der Waals surface area contributed by atoms with E-state index in [9.17, 15) is 18.6 Å². The lowest BCUT2D eigenvalue weighted by molar-refractivity contribution is 0.104. The fraction of sp³-hybridized carbons (Fsp3) is 0.478. The number of sulfonamides is 1. The number of benzene rings is 2. The first-order valence-corrected chi connectivity index (χ1v) is 13.1. The van der Waals surface area contributed by atoms with Gasteiger partial charge in [0.25, 0.3) is 0 Å². The number of piperidine rings is 1. The summed E-state index contributed by atoms with van der Waals surface area (Å²) in [4.78, 5) is 0.400. The summed E-state index contributed by atoms with van der Waals surface area (Å²) in [6, 6.07) is 11.7. The monoisotopic (exact) mass is 526 g/mol. The Labute approximate surface area is 198 Å².